The first-order valence-electron chi connectivity index (χ1n) is 6.35. The Morgan fingerprint density at radius 2 is 2.28 bits per heavy atom. The average Bonchev–Trinajstić information content (AvgIpc) is 2.76. The summed E-state index contributed by atoms with van der Waals surface area (Å²) in [5, 5.41) is 6.04. The van der Waals surface area contributed by atoms with Crippen LogP contribution < -0.4 is 11.1 Å². The van der Waals surface area contributed by atoms with Crippen molar-refractivity contribution in [2.75, 3.05) is 6.54 Å². The zero-order chi connectivity index (χ0) is 13.8. The summed E-state index contributed by atoms with van der Waals surface area (Å²) in [5.74, 6) is 0.290. The molecule has 3 N–H and O–H groups in total. The lowest BCUT2D eigenvalue weighted by Gasteiger charge is -2.33. The smallest absolute Gasteiger partial charge is 0.226 e. The van der Waals surface area contributed by atoms with Crippen LogP contribution >= 0.6 is 11.3 Å². The van der Waals surface area contributed by atoms with E-state index in [1.165, 1.54) is 0 Å². The molecule has 1 heterocycles. The van der Waals surface area contributed by atoms with Crippen LogP contribution in [0.2, 0.25) is 0 Å². The minimum atomic E-state index is -0.347. The van der Waals surface area contributed by atoms with Crippen molar-refractivity contribution in [1.82, 2.24) is 10.3 Å². The van der Waals surface area contributed by atoms with Crippen LogP contribution in [0.3, 0.4) is 0 Å². The molecule has 1 rings (SSSR count). The SMILES string of the molecule is CCc1nc(CC(=O)NC(C)(CN)C(C)C)cs1. The van der Waals surface area contributed by atoms with Crippen LogP contribution in [0.5, 0.6) is 0 Å². The third-order valence-electron chi connectivity index (χ3n) is 3.37. The summed E-state index contributed by atoms with van der Waals surface area (Å²) in [6, 6.07) is 0. The number of carbonyl (C=O) groups excluding carboxylic acids is 1. The van der Waals surface area contributed by atoms with Gasteiger partial charge < -0.3 is 11.1 Å². The van der Waals surface area contributed by atoms with Crippen LogP contribution in [0.15, 0.2) is 5.38 Å². The second-order valence-electron chi connectivity index (χ2n) is 5.09. The van der Waals surface area contributed by atoms with E-state index in [-0.39, 0.29) is 11.4 Å². The number of hydrogen-bond donors (Lipinski definition) is 2. The Balaban J connectivity index is 2.60. The summed E-state index contributed by atoms with van der Waals surface area (Å²) in [6.45, 7) is 8.60. The van der Waals surface area contributed by atoms with Crippen LogP contribution in [0, 0.1) is 5.92 Å². The molecule has 0 saturated carbocycles. The molecule has 0 fully saturated rings. The lowest BCUT2D eigenvalue weighted by atomic mass is 9.88. The predicted octanol–water partition coefficient (Wildman–Crippen LogP) is 1.74. The van der Waals surface area contributed by atoms with Crippen LogP contribution in [-0.4, -0.2) is 23.0 Å². The summed E-state index contributed by atoms with van der Waals surface area (Å²) < 4.78 is 0. The van der Waals surface area contributed by atoms with Crippen molar-refractivity contribution in [1.29, 1.82) is 0 Å². The Morgan fingerprint density at radius 3 is 2.72 bits per heavy atom. The highest BCUT2D eigenvalue weighted by Crippen LogP contribution is 2.16. The van der Waals surface area contributed by atoms with Gasteiger partial charge in [-0.1, -0.05) is 20.8 Å². The molecule has 0 saturated heterocycles. The van der Waals surface area contributed by atoms with Gasteiger partial charge in [0, 0.05) is 11.9 Å². The fourth-order valence-corrected chi connectivity index (χ4v) is 2.30. The van der Waals surface area contributed by atoms with Gasteiger partial charge in [0.05, 0.1) is 22.7 Å². The van der Waals surface area contributed by atoms with Crippen molar-refractivity contribution in [3.05, 3.63) is 16.1 Å². The van der Waals surface area contributed by atoms with Crippen molar-refractivity contribution in [2.45, 2.75) is 46.1 Å². The first-order chi connectivity index (χ1) is 8.41. The quantitative estimate of drug-likeness (QED) is 0.826. The van der Waals surface area contributed by atoms with Gasteiger partial charge in [0.2, 0.25) is 5.91 Å². The molecular weight excluding hydrogens is 246 g/mol. The molecule has 0 aliphatic rings. The van der Waals surface area contributed by atoms with Crippen LogP contribution in [0.4, 0.5) is 0 Å². The molecule has 1 atom stereocenters. The van der Waals surface area contributed by atoms with Gasteiger partial charge in [-0.3, -0.25) is 4.79 Å². The van der Waals surface area contributed by atoms with E-state index in [0.29, 0.717) is 18.9 Å². The Hall–Kier alpha value is -0.940. The van der Waals surface area contributed by atoms with Gasteiger partial charge in [-0.25, -0.2) is 4.98 Å². The second-order valence-corrected chi connectivity index (χ2v) is 6.03. The molecule has 5 heteroatoms. The number of hydrogen-bond acceptors (Lipinski definition) is 4. The monoisotopic (exact) mass is 269 g/mol. The highest BCUT2D eigenvalue weighted by atomic mass is 32.1. The molecule has 1 unspecified atom stereocenters. The molecule has 0 spiro atoms. The molecule has 1 aromatic rings. The maximum absolute atomic E-state index is 12.0. The van der Waals surface area contributed by atoms with E-state index in [2.05, 4.69) is 31.1 Å². The lowest BCUT2D eigenvalue weighted by Crippen LogP contribution is -2.55. The number of rotatable bonds is 6. The van der Waals surface area contributed by atoms with Gasteiger partial charge in [0.15, 0.2) is 0 Å². The van der Waals surface area contributed by atoms with E-state index < -0.39 is 0 Å². The summed E-state index contributed by atoms with van der Waals surface area (Å²) in [7, 11) is 0. The maximum Gasteiger partial charge on any atom is 0.226 e. The van der Waals surface area contributed by atoms with Gasteiger partial charge in [0.1, 0.15) is 0 Å². The van der Waals surface area contributed by atoms with E-state index in [1.54, 1.807) is 11.3 Å². The number of thiazole rings is 1. The van der Waals surface area contributed by atoms with Crippen molar-refractivity contribution in [2.24, 2.45) is 11.7 Å². The first-order valence-corrected chi connectivity index (χ1v) is 7.23. The fourth-order valence-electron chi connectivity index (χ4n) is 1.55. The van der Waals surface area contributed by atoms with Gasteiger partial charge in [0.25, 0.3) is 0 Å². The third-order valence-corrected chi connectivity index (χ3v) is 4.41. The molecule has 0 radical (unpaired) electrons. The zero-order valence-corrected chi connectivity index (χ0v) is 12.4. The van der Waals surface area contributed by atoms with Crippen molar-refractivity contribution >= 4 is 17.2 Å². The number of nitrogens with two attached hydrogens (primary N) is 1. The third kappa shape index (κ3) is 3.78. The van der Waals surface area contributed by atoms with Gasteiger partial charge in [-0.05, 0) is 19.3 Å². The average molecular weight is 269 g/mol. The Kier molecular flexibility index (Phi) is 5.28. The molecule has 4 nitrogen and oxygen atoms in total. The standard InChI is InChI=1S/C13H23N3OS/c1-5-12-15-10(7-18-12)6-11(17)16-13(4,8-14)9(2)3/h7,9H,5-6,8,14H2,1-4H3,(H,16,17). The summed E-state index contributed by atoms with van der Waals surface area (Å²) >= 11 is 1.61. The summed E-state index contributed by atoms with van der Waals surface area (Å²) in [4.78, 5) is 16.4. The molecule has 0 bridgehead atoms. The minimum absolute atomic E-state index is 0.00963. The molecule has 1 amide bonds. The molecule has 0 aliphatic carbocycles. The van der Waals surface area contributed by atoms with E-state index in [0.717, 1.165) is 17.1 Å². The number of aromatic nitrogens is 1. The Morgan fingerprint density at radius 1 is 1.61 bits per heavy atom. The largest absolute Gasteiger partial charge is 0.349 e. The molecule has 102 valence electrons. The number of carbonyl (C=O) groups is 1. The van der Waals surface area contributed by atoms with Crippen molar-refractivity contribution in [3.63, 3.8) is 0 Å². The molecule has 1 aromatic heterocycles. The zero-order valence-electron chi connectivity index (χ0n) is 11.6. The number of aryl methyl sites for hydroxylation is 1. The van der Waals surface area contributed by atoms with E-state index in [1.807, 2.05) is 12.3 Å². The predicted molar refractivity (Wildman–Crippen MR) is 75.6 cm³/mol. The number of nitrogens with one attached hydrogen (secondary N) is 1. The van der Waals surface area contributed by atoms with Crippen molar-refractivity contribution in [3.8, 4) is 0 Å². The highest BCUT2D eigenvalue weighted by molar-refractivity contribution is 7.09. The number of nitrogens with zero attached hydrogens (tertiary/aromatic N) is 1. The number of amides is 1. The van der Waals surface area contributed by atoms with E-state index >= 15 is 0 Å². The van der Waals surface area contributed by atoms with Crippen LogP contribution in [0.1, 0.15) is 38.4 Å². The summed E-state index contributed by atoms with van der Waals surface area (Å²) in [5.41, 5.74) is 6.25. The Bertz CT molecular complexity index is 403. The van der Waals surface area contributed by atoms with E-state index in [9.17, 15) is 4.79 Å². The van der Waals surface area contributed by atoms with Crippen LogP contribution in [-0.2, 0) is 17.6 Å². The first kappa shape index (κ1) is 15.1. The second kappa shape index (κ2) is 6.29. The normalized spacial score (nSPS) is 14.6. The maximum atomic E-state index is 12.0. The van der Waals surface area contributed by atoms with Gasteiger partial charge in [-0.2, -0.15) is 0 Å². The Labute approximate surface area is 113 Å². The lowest BCUT2D eigenvalue weighted by molar-refractivity contribution is -0.122. The topological polar surface area (TPSA) is 68.0 Å². The molecule has 0 aromatic carbocycles. The van der Waals surface area contributed by atoms with Gasteiger partial charge in [-0.15, -0.1) is 11.3 Å². The molecule has 18 heavy (non-hydrogen) atoms. The molecule has 0 aliphatic heterocycles. The van der Waals surface area contributed by atoms with Crippen molar-refractivity contribution < 1.29 is 4.79 Å². The minimum Gasteiger partial charge on any atom is -0.349 e. The highest BCUT2D eigenvalue weighted by Gasteiger charge is 2.28. The van der Waals surface area contributed by atoms with E-state index in [4.69, 9.17) is 5.73 Å². The summed E-state index contributed by atoms with van der Waals surface area (Å²) in [6.07, 6.45) is 1.25. The molecular formula is C13H23N3OS. The van der Waals surface area contributed by atoms with Crippen LogP contribution in [0.25, 0.3) is 0 Å². The van der Waals surface area contributed by atoms with Gasteiger partial charge >= 0.3 is 0 Å². The fraction of sp³-hybridized carbons (Fsp3) is 0.692.